The molecule has 0 aliphatic heterocycles. The number of para-hydroxylation sites is 1. The van der Waals surface area contributed by atoms with Gasteiger partial charge in [0.25, 0.3) is 0 Å². The zero-order valence-corrected chi connectivity index (χ0v) is 15.7. The number of hydrogen-bond donors (Lipinski definition) is 2. The van der Waals surface area contributed by atoms with Crippen LogP contribution in [0.3, 0.4) is 0 Å². The van der Waals surface area contributed by atoms with E-state index in [2.05, 4.69) is 22.5 Å². The van der Waals surface area contributed by atoms with E-state index < -0.39 is 0 Å². The summed E-state index contributed by atoms with van der Waals surface area (Å²) in [6, 6.07) is 17.8. The van der Waals surface area contributed by atoms with Gasteiger partial charge in [-0.3, -0.25) is 4.79 Å². The molecular formula is C21H23N3OS. The molecule has 134 valence electrons. The Balaban J connectivity index is 1.59. The largest absolute Gasteiger partial charge is 0.332 e. The van der Waals surface area contributed by atoms with Crippen molar-refractivity contribution in [3.63, 3.8) is 0 Å². The number of carbonyl (C=O) groups is 1. The third-order valence-corrected chi connectivity index (χ3v) is 4.76. The van der Waals surface area contributed by atoms with Crippen molar-refractivity contribution in [2.75, 3.05) is 10.6 Å². The molecule has 3 rings (SSSR count). The average Bonchev–Trinajstić information content (AvgIpc) is 3.12. The van der Waals surface area contributed by atoms with Gasteiger partial charge < -0.3 is 10.6 Å². The first-order chi connectivity index (χ1) is 12.7. The van der Waals surface area contributed by atoms with Gasteiger partial charge in [-0.15, -0.1) is 11.3 Å². The molecule has 0 aliphatic carbocycles. The molecule has 0 aliphatic rings. The highest BCUT2D eigenvalue weighted by Crippen LogP contribution is 2.27. The number of anilines is 3. The topological polar surface area (TPSA) is 54.0 Å². The first-order valence-electron chi connectivity index (χ1n) is 8.92. The lowest BCUT2D eigenvalue weighted by molar-refractivity contribution is -0.116. The van der Waals surface area contributed by atoms with Gasteiger partial charge >= 0.3 is 0 Å². The third kappa shape index (κ3) is 5.17. The van der Waals surface area contributed by atoms with Crippen molar-refractivity contribution in [1.82, 2.24) is 4.98 Å². The number of nitrogens with one attached hydrogen (secondary N) is 2. The number of nitrogens with zero attached hydrogens (tertiary/aromatic N) is 1. The maximum Gasteiger partial charge on any atom is 0.224 e. The maximum atomic E-state index is 11.9. The number of thiazole rings is 1. The van der Waals surface area contributed by atoms with E-state index >= 15 is 0 Å². The molecular weight excluding hydrogens is 342 g/mol. The van der Waals surface area contributed by atoms with Crippen molar-refractivity contribution in [3.8, 4) is 11.3 Å². The summed E-state index contributed by atoms with van der Waals surface area (Å²) in [4.78, 5) is 16.5. The molecule has 3 aromatic rings. The Morgan fingerprint density at radius 3 is 2.50 bits per heavy atom. The number of hydrogen-bond acceptors (Lipinski definition) is 4. The molecule has 2 aromatic carbocycles. The summed E-state index contributed by atoms with van der Waals surface area (Å²) in [7, 11) is 0. The number of aromatic nitrogens is 1. The van der Waals surface area contributed by atoms with E-state index in [0.717, 1.165) is 47.0 Å². The predicted octanol–water partition coefficient (Wildman–Crippen LogP) is 6.07. The van der Waals surface area contributed by atoms with E-state index in [9.17, 15) is 4.79 Å². The Morgan fingerprint density at radius 1 is 1.00 bits per heavy atom. The van der Waals surface area contributed by atoms with Crippen molar-refractivity contribution >= 4 is 33.8 Å². The standard InChI is InChI=1S/C21H23N3OS/c1-2-3-5-10-20(25)22-18-13-11-16(12-14-18)19-15-26-21(24-19)23-17-8-6-4-7-9-17/h4,6-9,11-15H,2-3,5,10H2,1H3,(H,22,25)(H,23,24). The van der Waals surface area contributed by atoms with Crippen molar-refractivity contribution in [3.05, 3.63) is 60.0 Å². The second-order valence-electron chi connectivity index (χ2n) is 6.11. The quantitative estimate of drug-likeness (QED) is 0.476. The molecule has 1 amide bonds. The molecule has 0 saturated heterocycles. The minimum Gasteiger partial charge on any atom is -0.332 e. The minimum absolute atomic E-state index is 0.0780. The fraction of sp³-hybridized carbons (Fsp3) is 0.238. The van der Waals surface area contributed by atoms with Gasteiger partial charge in [-0.05, 0) is 30.7 Å². The molecule has 5 heteroatoms. The van der Waals surface area contributed by atoms with Crippen molar-refractivity contribution < 1.29 is 4.79 Å². The highest BCUT2D eigenvalue weighted by Gasteiger charge is 2.06. The van der Waals surface area contributed by atoms with Gasteiger partial charge in [-0.2, -0.15) is 0 Å². The van der Waals surface area contributed by atoms with Crippen molar-refractivity contribution in [2.45, 2.75) is 32.6 Å². The maximum absolute atomic E-state index is 11.9. The lowest BCUT2D eigenvalue weighted by Gasteiger charge is -2.06. The number of amides is 1. The van der Waals surface area contributed by atoms with Crippen LogP contribution in [0.1, 0.15) is 32.6 Å². The zero-order chi connectivity index (χ0) is 18.2. The van der Waals surface area contributed by atoms with Crippen LogP contribution in [0.15, 0.2) is 60.0 Å². The molecule has 0 spiro atoms. The van der Waals surface area contributed by atoms with Crippen LogP contribution in [0.2, 0.25) is 0 Å². The number of carbonyl (C=O) groups excluding carboxylic acids is 1. The Labute approximate surface area is 158 Å². The minimum atomic E-state index is 0.0780. The van der Waals surface area contributed by atoms with E-state index in [1.165, 1.54) is 0 Å². The molecule has 1 aromatic heterocycles. The van der Waals surface area contributed by atoms with Gasteiger partial charge in [0.05, 0.1) is 5.69 Å². The van der Waals surface area contributed by atoms with Gasteiger partial charge in [0.1, 0.15) is 0 Å². The third-order valence-electron chi connectivity index (χ3n) is 4.00. The number of unbranched alkanes of at least 4 members (excludes halogenated alkanes) is 2. The molecule has 0 bridgehead atoms. The molecule has 4 nitrogen and oxygen atoms in total. The summed E-state index contributed by atoms with van der Waals surface area (Å²) < 4.78 is 0. The average molecular weight is 366 g/mol. The lowest BCUT2D eigenvalue weighted by atomic mass is 10.1. The van der Waals surface area contributed by atoms with Gasteiger partial charge in [-0.25, -0.2) is 4.98 Å². The Hall–Kier alpha value is -2.66. The van der Waals surface area contributed by atoms with Crippen LogP contribution >= 0.6 is 11.3 Å². The molecule has 0 saturated carbocycles. The zero-order valence-electron chi connectivity index (χ0n) is 14.9. The van der Waals surface area contributed by atoms with E-state index in [1.54, 1.807) is 11.3 Å². The van der Waals surface area contributed by atoms with Crippen molar-refractivity contribution in [1.29, 1.82) is 0 Å². The lowest BCUT2D eigenvalue weighted by Crippen LogP contribution is -2.10. The van der Waals surface area contributed by atoms with Gasteiger partial charge in [0.15, 0.2) is 5.13 Å². The monoisotopic (exact) mass is 365 g/mol. The Bertz CT molecular complexity index is 828. The first-order valence-corrected chi connectivity index (χ1v) is 9.80. The fourth-order valence-corrected chi connectivity index (χ4v) is 3.33. The van der Waals surface area contributed by atoms with Crippen LogP contribution in [0.4, 0.5) is 16.5 Å². The van der Waals surface area contributed by atoms with E-state index in [-0.39, 0.29) is 5.91 Å². The summed E-state index contributed by atoms with van der Waals surface area (Å²) in [5.41, 5.74) is 3.81. The van der Waals surface area contributed by atoms with Crippen molar-refractivity contribution in [2.24, 2.45) is 0 Å². The Kier molecular flexibility index (Phi) is 6.39. The van der Waals surface area contributed by atoms with E-state index in [0.29, 0.717) is 6.42 Å². The smallest absolute Gasteiger partial charge is 0.224 e. The van der Waals surface area contributed by atoms with Gasteiger partial charge in [0.2, 0.25) is 5.91 Å². The summed E-state index contributed by atoms with van der Waals surface area (Å²) in [5.74, 6) is 0.0780. The summed E-state index contributed by atoms with van der Waals surface area (Å²) in [6.45, 7) is 2.13. The van der Waals surface area contributed by atoms with Gasteiger partial charge in [-0.1, -0.05) is 50.1 Å². The van der Waals surface area contributed by atoms with Crippen LogP contribution < -0.4 is 10.6 Å². The molecule has 0 unspecified atom stereocenters. The van der Waals surface area contributed by atoms with Crippen LogP contribution in [0, 0.1) is 0 Å². The van der Waals surface area contributed by atoms with Crippen LogP contribution in [0.25, 0.3) is 11.3 Å². The van der Waals surface area contributed by atoms with E-state index in [1.807, 2.05) is 60.0 Å². The highest BCUT2D eigenvalue weighted by molar-refractivity contribution is 7.14. The normalized spacial score (nSPS) is 10.5. The molecule has 1 heterocycles. The highest BCUT2D eigenvalue weighted by atomic mass is 32.1. The molecule has 2 N–H and O–H groups in total. The Morgan fingerprint density at radius 2 is 1.77 bits per heavy atom. The predicted molar refractivity (Wildman–Crippen MR) is 110 cm³/mol. The van der Waals surface area contributed by atoms with E-state index in [4.69, 9.17) is 0 Å². The van der Waals surface area contributed by atoms with Crippen LogP contribution in [0.5, 0.6) is 0 Å². The SMILES string of the molecule is CCCCCC(=O)Nc1ccc(-c2csc(Nc3ccccc3)n2)cc1. The molecule has 0 atom stereocenters. The summed E-state index contributed by atoms with van der Waals surface area (Å²) >= 11 is 1.57. The molecule has 0 fully saturated rings. The van der Waals surface area contributed by atoms with Crippen LogP contribution in [-0.4, -0.2) is 10.9 Å². The number of benzene rings is 2. The second-order valence-corrected chi connectivity index (χ2v) is 6.97. The molecule has 0 radical (unpaired) electrons. The van der Waals surface area contributed by atoms with Crippen LogP contribution in [-0.2, 0) is 4.79 Å². The van der Waals surface area contributed by atoms with Gasteiger partial charge in [0, 0.05) is 28.7 Å². The summed E-state index contributed by atoms with van der Waals surface area (Å²) in [5, 5.41) is 9.15. The summed E-state index contributed by atoms with van der Waals surface area (Å²) in [6.07, 6.45) is 3.74. The second kappa shape index (κ2) is 9.15. The molecule has 26 heavy (non-hydrogen) atoms. The number of rotatable bonds is 8. The fourth-order valence-electron chi connectivity index (χ4n) is 2.59. The first kappa shape index (κ1) is 18.1.